The highest BCUT2D eigenvalue weighted by Crippen LogP contribution is 2.19. The van der Waals surface area contributed by atoms with Crippen LogP contribution in [-0.2, 0) is 4.74 Å². The molecule has 1 unspecified atom stereocenters. The van der Waals surface area contributed by atoms with E-state index >= 15 is 0 Å². The summed E-state index contributed by atoms with van der Waals surface area (Å²) in [6.45, 7) is 4.44. The van der Waals surface area contributed by atoms with Crippen LogP contribution in [0.3, 0.4) is 0 Å². The van der Waals surface area contributed by atoms with Crippen LogP contribution in [0.15, 0.2) is 10.9 Å². The number of ether oxygens (including phenoxy) is 1. The number of aromatic hydroxyl groups is 1. The van der Waals surface area contributed by atoms with E-state index in [1.54, 1.807) is 0 Å². The molecule has 84 valence electrons. The Labute approximate surface area is 88.1 Å². The molecule has 0 amide bonds. The Morgan fingerprint density at radius 3 is 2.87 bits per heavy atom. The number of rotatable bonds is 5. The molecule has 5 nitrogen and oxygen atoms in total. The summed E-state index contributed by atoms with van der Waals surface area (Å²) >= 11 is 0. The van der Waals surface area contributed by atoms with Gasteiger partial charge in [0.2, 0.25) is 5.88 Å². The van der Waals surface area contributed by atoms with Crippen molar-refractivity contribution in [2.24, 2.45) is 0 Å². The van der Waals surface area contributed by atoms with Gasteiger partial charge in [0.25, 0.3) is 5.56 Å². The summed E-state index contributed by atoms with van der Waals surface area (Å²) in [5.41, 5.74) is -0.363. The lowest BCUT2D eigenvalue weighted by molar-refractivity contribution is 0.0487. The van der Waals surface area contributed by atoms with Crippen molar-refractivity contribution < 1.29 is 9.84 Å². The van der Waals surface area contributed by atoms with Gasteiger partial charge in [0.05, 0.1) is 6.07 Å². The molecular formula is C10H16N2O3. The molecule has 0 spiro atoms. The van der Waals surface area contributed by atoms with Crippen molar-refractivity contribution in [2.75, 3.05) is 6.61 Å². The number of aromatic nitrogens is 2. The van der Waals surface area contributed by atoms with Gasteiger partial charge in [-0.25, -0.2) is 0 Å². The molecule has 0 aromatic carbocycles. The van der Waals surface area contributed by atoms with E-state index in [0.29, 0.717) is 12.4 Å². The van der Waals surface area contributed by atoms with Crippen LogP contribution in [0.2, 0.25) is 0 Å². The number of nitrogens with one attached hydrogen (secondary N) is 1. The second-order valence-electron chi connectivity index (χ2n) is 3.22. The number of nitrogens with zero attached hydrogens (tertiary/aromatic N) is 1. The summed E-state index contributed by atoms with van der Waals surface area (Å²) in [4.78, 5) is 17.5. The fourth-order valence-electron chi connectivity index (χ4n) is 1.38. The van der Waals surface area contributed by atoms with Gasteiger partial charge >= 0.3 is 0 Å². The van der Waals surface area contributed by atoms with Gasteiger partial charge in [-0.2, -0.15) is 4.98 Å². The molecule has 1 rings (SSSR count). The van der Waals surface area contributed by atoms with Crippen LogP contribution in [0.5, 0.6) is 5.88 Å². The maximum atomic E-state index is 11.1. The fraction of sp³-hybridized carbons (Fsp3) is 0.600. The van der Waals surface area contributed by atoms with Gasteiger partial charge in [-0.3, -0.25) is 4.79 Å². The largest absolute Gasteiger partial charge is 0.493 e. The van der Waals surface area contributed by atoms with E-state index in [1.807, 2.05) is 13.8 Å². The molecule has 0 saturated carbocycles. The summed E-state index contributed by atoms with van der Waals surface area (Å²) in [6.07, 6.45) is 1.43. The Morgan fingerprint density at radius 1 is 1.60 bits per heavy atom. The summed E-state index contributed by atoms with van der Waals surface area (Å²) < 4.78 is 5.43. The third-order valence-electron chi connectivity index (χ3n) is 1.97. The molecule has 0 aliphatic rings. The van der Waals surface area contributed by atoms with E-state index in [0.717, 1.165) is 18.9 Å². The van der Waals surface area contributed by atoms with Crippen LogP contribution in [-0.4, -0.2) is 21.7 Å². The second-order valence-corrected chi connectivity index (χ2v) is 3.22. The number of hydrogen-bond acceptors (Lipinski definition) is 4. The number of hydrogen-bond donors (Lipinski definition) is 2. The van der Waals surface area contributed by atoms with Crippen LogP contribution in [0, 0.1) is 0 Å². The average Bonchev–Trinajstić information content (AvgIpc) is 2.16. The van der Waals surface area contributed by atoms with Crippen molar-refractivity contribution >= 4 is 0 Å². The van der Waals surface area contributed by atoms with Crippen molar-refractivity contribution in [2.45, 2.75) is 32.8 Å². The Balaban J connectivity index is 2.93. The molecule has 0 saturated heterocycles. The van der Waals surface area contributed by atoms with Crippen molar-refractivity contribution in [3.8, 4) is 5.88 Å². The predicted molar refractivity (Wildman–Crippen MR) is 55.8 cm³/mol. The van der Waals surface area contributed by atoms with E-state index in [2.05, 4.69) is 9.97 Å². The maximum absolute atomic E-state index is 11.1. The fourth-order valence-corrected chi connectivity index (χ4v) is 1.38. The Bertz CT molecular complexity index is 356. The van der Waals surface area contributed by atoms with Crippen LogP contribution in [0.4, 0.5) is 0 Å². The molecule has 0 fully saturated rings. The summed E-state index contributed by atoms with van der Waals surface area (Å²) in [6, 6.07) is 1.04. The maximum Gasteiger partial charge on any atom is 0.254 e. The third-order valence-corrected chi connectivity index (χ3v) is 1.97. The standard InChI is InChI=1S/C10H16N2O3/c1-3-5-7(15-4-2)10-11-8(13)6-9(14)12-10/h6-7H,3-5H2,1-2H3,(H2,11,12,13,14). The highest BCUT2D eigenvalue weighted by molar-refractivity contribution is 5.07. The molecule has 0 aliphatic heterocycles. The topological polar surface area (TPSA) is 75.2 Å². The number of aromatic amines is 1. The normalized spacial score (nSPS) is 12.7. The van der Waals surface area contributed by atoms with Crippen LogP contribution in [0.1, 0.15) is 38.6 Å². The minimum Gasteiger partial charge on any atom is -0.493 e. The minimum absolute atomic E-state index is 0.250. The van der Waals surface area contributed by atoms with Crippen molar-refractivity contribution in [1.29, 1.82) is 0 Å². The zero-order valence-corrected chi connectivity index (χ0v) is 8.99. The van der Waals surface area contributed by atoms with Gasteiger partial charge in [-0.1, -0.05) is 13.3 Å². The van der Waals surface area contributed by atoms with Crippen molar-refractivity contribution in [3.05, 3.63) is 22.2 Å². The SMILES string of the molecule is CCCC(OCC)c1nc(O)cc(=O)[nH]1. The monoisotopic (exact) mass is 212 g/mol. The average molecular weight is 212 g/mol. The smallest absolute Gasteiger partial charge is 0.254 e. The highest BCUT2D eigenvalue weighted by atomic mass is 16.5. The van der Waals surface area contributed by atoms with Crippen LogP contribution >= 0.6 is 0 Å². The Kier molecular flexibility index (Phi) is 4.30. The van der Waals surface area contributed by atoms with Gasteiger partial charge in [0.1, 0.15) is 11.9 Å². The van der Waals surface area contributed by atoms with E-state index in [9.17, 15) is 9.90 Å². The molecule has 1 aromatic heterocycles. The van der Waals surface area contributed by atoms with Crippen LogP contribution < -0.4 is 5.56 Å². The first-order chi connectivity index (χ1) is 7.17. The van der Waals surface area contributed by atoms with Crippen LogP contribution in [0.25, 0.3) is 0 Å². The van der Waals surface area contributed by atoms with Crippen molar-refractivity contribution in [3.63, 3.8) is 0 Å². The molecule has 2 N–H and O–H groups in total. The molecule has 0 bridgehead atoms. The van der Waals surface area contributed by atoms with Gasteiger partial charge in [-0.05, 0) is 13.3 Å². The summed E-state index contributed by atoms with van der Waals surface area (Å²) in [5.74, 6) is 0.123. The second kappa shape index (κ2) is 5.50. The van der Waals surface area contributed by atoms with Gasteiger partial charge < -0.3 is 14.8 Å². The first-order valence-electron chi connectivity index (χ1n) is 5.09. The molecule has 0 radical (unpaired) electrons. The minimum atomic E-state index is -0.363. The first kappa shape index (κ1) is 11.7. The molecule has 0 aliphatic carbocycles. The highest BCUT2D eigenvalue weighted by Gasteiger charge is 2.13. The van der Waals surface area contributed by atoms with Gasteiger partial charge in [-0.15, -0.1) is 0 Å². The van der Waals surface area contributed by atoms with Crippen molar-refractivity contribution in [1.82, 2.24) is 9.97 Å². The van der Waals surface area contributed by atoms with E-state index < -0.39 is 0 Å². The first-order valence-corrected chi connectivity index (χ1v) is 5.09. The van der Waals surface area contributed by atoms with Gasteiger partial charge in [0, 0.05) is 6.61 Å². The van der Waals surface area contributed by atoms with Gasteiger partial charge in [0.15, 0.2) is 0 Å². The van der Waals surface area contributed by atoms with E-state index in [-0.39, 0.29) is 17.5 Å². The van der Waals surface area contributed by atoms with E-state index in [4.69, 9.17) is 4.74 Å². The third kappa shape index (κ3) is 3.36. The van der Waals surface area contributed by atoms with E-state index in [1.165, 1.54) is 0 Å². The Hall–Kier alpha value is -1.36. The predicted octanol–water partition coefficient (Wildman–Crippen LogP) is 1.35. The summed E-state index contributed by atoms with van der Waals surface area (Å²) in [7, 11) is 0. The lowest BCUT2D eigenvalue weighted by Gasteiger charge is -2.14. The summed E-state index contributed by atoms with van der Waals surface area (Å²) in [5, 5.41) is 9.19. The molecule has 5 heteroatoms. The number of H-pyrrole nitrogens is 1. The lowest BCUT2D eigenvalue weighted by atomic mass is 10.2. The molecule has 1 aromatic rings. The lowest BCUT2D eigenvalue weighted by Crippen LogP contribution is -2.15. The molecule has 1 atom stereocenters. The molecule has 15 heavy (non-hydrogen) atoms. The molecule has 1 heterocycles. The Morgan fingerprint density at radius 2 is 2.33 bits per heavy atom. The zero-order chi connectivity index (χ0) is 11.3. The molecular weight excluding hydrogens is 196 g/mol. The quantitative estimate of drug-likeness (QED) is 0.772. The zero-order valence-electron chi connectivity index (χ0n) is 8.99.